The van der Waals surface area contributed by atoms with Crippen LogP contribution >= 0.6 is 0 Å². The van der Waals surface area contributed by atoms with Gasteiger partial charge >= 0.3 is 0 Å². The van der Waals surface area contributed by atoms with Crippen LogP contribution in [0.4, 0.5) is 5.69 Å². The molecule has 0 aromatic heterocycles. The van der Waals surface area contributed by atoms with Crippen LogP contribution in [0.15, 0.2) is 121 Å². The number of fused-ring (bicyclic) bond motifs is 2. The molecule has 2 heterocycles. The van der Waals surface area contributed by atoms with Gasteiger partial charge in [0, 0.05) is 34.9 Å². The van der Waals surface area contributed by atoms with Crippen LogP contribution in [0.3, 0.4) is 0 Å². The molecule has 4 aromatic carbocycles. The number of hydrogen-bond acceptors (Lipinski definition) is 4. The van der Waals surface area contributed by atoms with Crippen LogP contribution in [0.25, 0.3) is 5.76 Å². The number of nitrogens with one attached hydrogen (secondary N) is 2. The van der Waals surface area contributed by atoms with E-state index in [2.05, 4.69) is 22.8 Å². The van der Waals surface area contributed by atoms with E-state index in [9.17, 15) is 14.7 Å². The van der Waals surface area contributed by atoms with E-state index in [1.165, 1.54) is 6.08 Å². The topological polar surface area (TPSA) is 78.4 Å². The normalized spacial score (nSPS) is 24.3. The van der Waals surface area contributed by atoms with Gasteiger partial charge in [0.2, 0.25) is 5.91 Å². The average molecular weight is 501 g/mol. The smallest absolute Gasteiger partial charge is 0.250 e. The Hall–Kier alpha value is -4.48. The number of aliphatic hydroxyl groups is 1. The molecule has 0 bridgehead atoms. The second-order valence-electron chi connectivity index (χ2n) is 9.96. The van der Waals surface area contributed by atoms with Crippen molar-refractivity contribution in [2.45, 2.75) is 23.9 Å². The molecular formula is C33H28N2O3. The largest absolute Gasteiger partial charge is 0.507 e. The summed E-state index contributed by atoms with van der Waals surface area (Å²) in [5.74, 6) is -1.76. The van der Waals surface area contributed by atoms with Crippen LogP contribution in [-0.4, -0.2) is 22.8 Å². The zero-order chi connectivity index (χ0) is 26.1. The molecule has 4 atom stereocenters. The van der Waals surface area contributed by atoms with Crippen LogP contribution in [0.1, 0.15) is 28.2 Å². The Balaban J connectivity index is 1.53. The molecule has 4 aromatic rings. The Morgan fingerprint density at radius 2 is 1.42 bits per heavy atom. The summed E-state index contributed by atoms with van der Waals surface area (Å²) in [5.41, 5.74) is 2.82. The van der Waals surface area contributed by atoms with Crippen LogP contribution in [-0.2, 0) is 21.5 Å². The highest BCUT2D eigenvalue weighted by molar-refractivity contribution is 6.12. The third-order valence-electron chi connectivity index (χ3n) is 7.77. The third-order valence-corrected chi connectivity index (χ3v) is 7.77. The van der Waals surface area contributed by atoms with Gasteiger partial charge in [0.05, 0.1) is 5.92 Å². The Morgan fingerprint density at radius 1 is 0.816 bits per heavy atom. The fourth-order valence-electron chi connectivity index (χ4n) is 6.16. The standard InChI is InChI=1S/C33H28N2O3/c36-28(23-14-6-2-7-15-23)21-29(37)31-30(24-16-8-3-9-17-24)27(20-22-12-4-1-5-13-22)35-33(31)25-18-10-11-19-26(25)34-32(33)38/h1-19,21,27,30-31,35-36H,20H2,(H,34,38)/b28-21-/t27-,30-,31+,33+/m1/s1. The minimum atomic E-state index is -1.28. The van der Waals surface area contributed by atoms with Crippen LogP contribution in [0.2, 0.25) is 0 Å². The van der Waals surface area contributed by atoms with Gasteiger partial charge in [0.15, 0.2) is 5.78 Å². The van der Waals surface area contributed by atoms with E-state index >= 15 is 0 Å². The zero-order valence-corrected chi connectivity index (χ0v) is 20.7. The summed E-state index contributed by atoms with van der Waals surface area (Å²) in [6.45, 7) is 0. The summed E-state index contributed by atoms with van der Waals surface area (Å²) < 4.78 is 0. The SMILES string of the molecule is O=C(/C=C(\O)c1ccccc1)[C@H]1[C@H](c2ccccc2)[C@@H](Cc2ccccc2)N[C@]12C(=O)Nc1ccccc12. The quantitative estimate of drug-likeness (QED) is 0.237. The lowest BCUT2D eigenvalue weighted by atomic mass is 9.70. The van der Waals surface area contributed by atoms with Crippen molar-refractivity contribution in [2.24, 2.45) is 5.92 Å². The number of rotatable bonds is 6. The molecule has 5 heteroatoms. The number of carbonyl (C=O) groups is 2. The number of para-hydroxylation sites is 1. The third kappa shape index (κ3) is 4.01. The first-order chi connectivity index (χ1) is 18.6. The molecule has 5 nitrogen and oxygen atoms in total. The van der Waals surface area contributed by atoms with Gasteiger partial charge in [-0.2, -0.15) is 0 Å². The van der Waals surface area contributed by atoms with E-state index in [-0.39, 0.29) is 29.4 Å². The Morgan fingerprint density at radius 3 is 2.13 bits per heavy atom. The maximum atomic E-state index is 14.3. The molecular weight excluding hydrogens is 472 g/mol. The molecule has 2 aliphatic heterocycles. The fourth-order valence-corrected chi connectivity index (χ4v) is 6.16. The van der Waals surface area contributed by atoms with Gasteiger partial charge in [-0.1, -0.05) is 109 Å². The van der Waals surface area contributed by atoms with E-state index in [1.807, 2.05) is 91.0 Å². The second-order valence-corrected chi connectivity index (χ2v) is 9.96. The first-order valence-corrected chi connectivity index (χ1v) is 12.9. The molecule has 1 saturated heterocycles. The van der Waals surface area contributed by atoms with Gasteiger partial charge in [-0.05, 0) is 23.6 Å². The Labute approximate surface area is 221 Å². The van der Waals surface area contributed by atoms with Gasteiger partial charge < -0.3 is 10.4 Å². The van der Waals surface area contributed by atoms with Gasteiger partial charge in [0.25, 0.3) is 0 Å². The van der Waals surface area contributed by atoms with Crippen molar-refractivity contribution < 1.29 is 14.7 Å². The molecule has 1 spiro atoms. The van der Waals surface area contributed by atoms with Gasteiger partial charge in [0.1, 0.15) is 11.3 Å². The van der Waals surface area contributed by atoms with E-state index in [0.29, 0.717) is 17.7 Å². The minimum absolute atomic E-state index is 0.115. The van der Waals surface area contributed by atoms with Crippen LogP contribution in [0, 0.1) is 5.92 Å². The van der Waals surface area contributed by atoms with Gasteiger partial charge in [-0.3, -0.25) is 14.9 Å². The maximum Gasteiger partial charge on any atom is 0.250 e. The first kappa shape index (κ1) is 23.9. The number of hydrogen-bond donors (Lipinski definition) is 3. The van der Waals surface area contributed by atoms with Crippen molar-refractivity contribution in [1.82, 2.24) is 5.32 Å². The van der Waals surface area contributed by atoms with Crippen molar-refractivity contribution in [3.05, 3.63) is 144 Å². The summed E-state index contributed by atoms with van der Waals surface area (Å²) in [6.07, 6.45) is 1.92. The van der Waals surface area contributed by atoms with Crippen molar-refractivity contribution in [3.8, 4) is 0 Å². The molecule has 188 valence electrons. The van der Waals surface area contributed by atoms with E-state index in [4.69, 9.17) is 0 Å². The molecule has 0 unspecified atom stereocenters. The van der Waals surface area contributed by atoms with Gasteiger partial charge in [-0.15, -0.1) is 0 Å². The number of anilines is 1. The lowest BCUT2D eigenvalue weighted by Gasteiger charge is -2.30. The van der Waals surface area contributed by atoms with Gasteiger partial charge in [-0.25, -0.2) is 0 Å². The number of aliphatic hydroxyl groups excluding tert-OH is 1. The lowest BCUT2D eigenvalue weighted by Crippen LogP contribution is -2.51. The lowest BCUT2D eigenvalue weighted by molar-refractivity contribution is -0.129. The number of benzene rings is 4. The Kier molecular flexibility index (Phi) is 6.14. The van der Waals surface area contributed by atoms with E-state index < -0.39 is 11.5 Å². The predicted octanol–water partition coefficient (Wildman–Crippen LogP) is 5.62. The number of carbonyl (C=O) groups excluding carboxylic acids is 2. The van der Waals surface area contributed by atoms with Crippen molar-refractivity contribution >= 4 is 23.1 Å². The summed E-state index contributed by atoms with van der Waals surface area (Å²) in [7, 11) is 0. The monoisotopic (exact) mass is 500 g/mol. The summed E-state index contributed by atoms with van der Waals surface area (Å²) >= 11 is 0. The highest BCUT2D eigenvalue weighted by atomic mass is 16.3. The number of ketones is 1. The number of allylic oxidation sites excluding steroid dienone is 1. The highest BCUT2D eigenvalue weighted by Gasteiger charge is 2.63. The molecule has 6 rings (SSSR count). The summed E-state index contributed by atoms with van der Waals surface area (Å²) in [4.78, 5) is 28.2. The van der Waals surface area contributed by atoms with Crippen LogP contribution in [0.5, 0.6) is 0 Å². The van der Waals surface area contributed by atoms with E-state index in [0.717, 1.165) is 16.7 Å². The second kappa shape index (κ2) is 9.77. The molecule has 0 aliphatic carbocycles. The molecule has 0 saturated carbocycles. The maximum absolute atomic E-state index is 14.3. The molecule has 38 heavy (non-hydrogen) atoms. The van der Waals surface area contributed by atoms with Crippen molar-refractivity contribution in [2.75, 3.05) is 5.32 Å². The molecule has 3 N–H and O–H groups in total. The summed E-state index contributed by atoms with van der Waals surface area (Å²) in [5, 5.41) is 17.6. The van der Waals surface area contributed by atoms with E-state index in [1.54, 1.807) is 12.1 Å². The first-order valence-electron chi connectivity index (χ1n) is 12.9. The Bertz CT molecular complexity index is 1500. The molecule has 1 amide bonds. The molecule has 1 fully saturated rings. The molecule has 0 radical (unpaired) electrons. The molecule has 2 aliphatic rings. The van der Waals surface area contributed by atoms with Crippen LogP contribution < -0.4 is 10.6 Å². The predicted molar refractivity (Wildman–Crippen MR) is 149 cm³/mol. The highest BCUT2D eigenvalue weighted by Crippen LogP contribution is 2.53. The number of amides is 1. The average Bonchev–Trinajstić information content (AvgIpc) is 3.44. The minimum Gasteiger partial charge on any atom is -0.507 e. The fraction of sp³-hybridized carbons (Fsp3) is 0.152. The van der Waals surface area contributed by atoms with Crippen molar-refractivity contribution in [3.63, 3.8) is 0 Å². The van der Waals surface area contributed by atoms with Crippen molar-refractivity contribution in [1.29, 1.82) is 0 Å². The zero-order valence-electron chi connectivity index (χ0n) is 20.7. The summed E-state index contributed by atoms with van der Waals surface area (Å²) in [6, 6.07) is 36.3.